The first-order valence-electron chi connectivity index (χ1n) is 5.83. The average Bonchev–Trinajstić information content (AvgIpc) is 2.83. The van der Waals surface area contributed by atoms with Crippen LogP contribution in [0, 0.1) is 6.92 Å². The van der Waals surface area contributed by atoms with E-state index in [1.165, 1.54) is 34.6 Å². The van der Waals surface area contributed by atoms with Gasteiger partial charge in [-0.25, -0.2) is 9.78 Å². The molecule has 1 amide bonds. The average molecular weight is 291 g/mol. The van der Waals surface area contributed by atoms with Gasteiger partial charge in [0.1, 0.15) is 5.69 Å². The first kappa shape index (κ1) is 14.1. The number of aryl methyl sites for hydroxylation is 1. The zero-order valence-corrected chi connectivity index (χ0v) is 11.8. The van der Waals surface area contributed by atoms with Crippen molar-refractivity contribution >= 4 is 23.2 Å². The number of hydrogen-bond donors (Lipinski definition) is 1. The molecule has 0 saturated carbocycles. The van der Waals surface area contributed by atoms with Crippen molar-refractivity contribution in [3.63, 3.8) is 0 Å². The van der Waals surface area contributed by atoms with E-state index in [2.05, 4.69) is 9.97 Å². The highest BCUT2D eigenvalue weighted by molar-refractivity contribution is 7.09. The molecular weight excluding hydrogens is 278 g/mol. The molecule has 0 atom stereocenters. The summed E-state index contributed by atoms with van der Waals surface area (Å²) in [7, 11) is 1.66. The highest BCUT2D eigenvalue weighted by atomic mass is 32.1. The molecule has 0 radical (unpaired) electrons. The van der Waals surface area contributed by atoms with Crippen molar-refractivity contribution < 1.29 is 14.7 Å². The smallest absolute Gasteiger partial charge is 0.337 e. The Labute approximate surface area is 119 Å². The Morgan fingerprint density at radius 3 is 2.65 bits per heavy atom. The van der Waals surface area contributed by atoms with Gasteiger partial charge in [0, 0.05) is 18.6 Å². The zero-order chi connectivity index (χ0) is 14.7. The number of thiazole rings is 1. The number of aromatic carboxylic acids is 1. The highest BCUT2D eigenvalue weighted by Crippen LogP contribution is 2.11. The number of carboxylic acid groups (broad SMARTS) is 1. The maximum absolute atomic E-state index is 12.1. The van der Waals surface area contributed by atoms with E-state index in [4.69, 9.17) is 5.11 Å². The minimum atomic E-state index is -1.07. The van der Waals surface area contributed by atoms with Gasteiger partial charge in [-0.05, 0) is 19.1 Å². The Hall–Kier alpha value is -2.28. The quantitative estimate of drug-likeness (QED) is 0.929. The number of aromatic nitrogens is 2. The first-order chi connectivity index (χ1) is 9.47. The van der Waals surface area contributed by atoms with Gasteiger partial charge in [-0.2, -0.15) is 0 Å². The van der Waals surface area contributed by atoms with Crippen molar-refractivity contribution in [3.05, 3.63) is 45.7 Å². The van der Waals surface area contributed by atoms with Crippen LogP contribution in [0.3, 0.4) is 0 Å². The predicted molar refractivity (Wildman–Crippen MR) is 73.8 cm³/mol. The van der Waals surface area contributed by atoms with E-state index in [1.54, 1.807) is 7.05 Å². The van der Waals surface area contributed by atoms with E-state index in [0.29, 0.717) is 6.54 Å². The summed E-state index contributed by atoms with van der Waals surface area (Å²) in [5, 5.41) is 11.6. The van der Waals surface area contributed by atoms with Crippen LogP contribution in [0.4, 0.5) is 0 Å². The molecule has 0 fully saturated rings. The number of nitrogens with zero attached hydrogens (tertiary/aromatic N) is 3. The molecule has 0 aromatic carbocycles. The highest BCUT2D eigenvalue weighted by Gasteiger charge is 2.15. The van der Waals surface area contributed by atoms with Crippen LogP contribution in [0.5, 0.6) is 0 Å². The number of carboxylic acids is 1. The second-order valence-electron chi connectivity index (χ2n) is 4.26. The van der Waals surface area contributed by atoms with Gasteiger partial charge in [0.05, 0.1) is 22.8 Å². The van der Waals surface area contributed by atoms with Crippen LogP contribution in [0.2, 0.25) is 0 Å². The van der Waals surface area contributed by atoms with Crippen molar-refractivity contribution in [3.8, 4) is 0 Å². The van der Waals surface area contributed by atoms with Gasteiger partial charge in [-0.1, -0.05) is 0 Å². The fourth-order valence-electron chi connectivity index (χ4n) is 1.64. The molecule has 2 aromatic rings. The Morgan fingerprint density at radius 2 is 2.15 bits per heavy atom. The number of rotatable bonds is 4. The van der Waals surface area contributed by atoms with Crippen LogP contribution >= 0.6 is 11.3 Å². The van der Waals surface area contributed by atoms with Gasteiger partial charge in [0.2, 0.25) is 0 Å². The van der Waals surface area contributed by atoms with Crippen molar-refractivity contribution in [2.75, 3.05) is 7.05 Å². The Kier molecular flexibility index (Phi) is 4.09. The van der Waals surface area contributed by atoms with E-state index in [0.717, 1.165) is 10.7 Å². The molecule has 104 valence electrons. The van der Waals surface area contributed by atoms with Gasteiger partial charge >= 0.3 is 5.97 Å². The fraction of sp³-hybridized carbons (Fsp3) is 0.231. The molecule has 2 rings (SSSR count). The van der Waals surface area contributed by atoms with Crippen molar-refractivity contribution in [1.29, 1.82) is 0 Å². The molecule has 0 bridgehead atoms. The van der Waals surface area contributed by atoms with E-state index >= 15 is 0 Å². The van der Waals surface area contributed by atoms with E-state index in [9.17, 15) is 9.59 Å². The van der Waals surface area contributed by atoms with Crippen molar-refractivity contribution in [2.24, 2.45) is 0 Å². The molecule has 6 nitrogen and oxygen atoms in total. The minimum Gasteiger partial charge on any atom is -0.478 e. The van der Waals surface area contributed by atoms with Crippen molar-refractivity contribution in [2.45, 2.75) is 13.5 Å². The molecule has 7 heteroatoms. The van der Waals surface area contributed by atoms with Crippen LogP contribution in [-0.4, -0.2) is 38.9 Å². The Bertz CT molecular complexity index is 637. The molecule has 2 heterocycles. The number of amides is 1. The summed E-state index contributed by atoms with van der Waals surface area (Å²) in [5.74, 6) is -1.34. The summed E-state index contributed by atoms with van der Waals surface area (Å²) in [6.45, 7) is 2.30. The normalized spacial score (nSPS) is 10.3. The first-order valence-corrected chi connectivity index (χ1v) is 6.71. The molecule has 0 spiro atoms. The molecule has 0 aliphatic heterocycles. The maximum atomic E-state index is 12.1. The third kappa shape index (κ3) is 3.18. The molecule has 0 saturated heterocycles. The lowest BCUT2D eigenvalue weighted by Gasteiger charge is -2.15. The number of pyridine rings is 1. The van der Waals surface area contributed by atoms with Crippen LogP contribution in [0.15, 0.2) is 23.7 Å². The molecule has 2 aromatic heterocycles. The predicted octanol–water partition coefficient (Wildman–Crippen LogP) is 1.82. The molecule has 1 N–H and O–H groups in total. The molecule has 20 heavy (non-hydrogen) atoms. The third-order valence-corrected chi connectivity index (χ3v) is 3.46. The van der Waals surface area contributed by atoms with Crippen LogP contribution in [-0.2, 0) is 6.54 Å². The summed E-state index contributed by atoms with van der Waals surface area (Å²) in [6.07, 6.45) is 1.18. The standard InChI is InChI=1S/C13H13N3O3S/c1-8-15-10(7-20-8)6-16(2)12(17)11-4-3-9(5-14-11)13(18)19/h3-5,7H,6H2,1-2H3,(H,18,19). The zero-order valence-electron chi connectivity index (χ0n) is 11.0. The van der Waals surface area contributed by atoms with E-state index in [-0.39, 0.29) is 17.2 Å². The van der Waals surface area contributed by atoms with Crippen LogP contribution in [0.25, 0.3) is 0 Å². The second kappa shape index (κ2) is 5.79. The van der Waals surface area contributed by atoms with Crippen molar-refractivity contribution in [1.82, 2.24) is 14.9 Å². The largest absolute Gasteiger partial charge is 0.478 e. The molecular formula is C13H13N3O3S. The van der Waals surface area contributed by atoms with E-state index < -0.39 is 5.97 Å². The summed E-state index contributed by atoms with van der Waals surface area (Å²) in [4.78, 5) is 32.5. The van der Waals surface area contributed by atoms with Gasteiger partial charge < -0.3 is 10.0 Å². The third-order valence-electron chi connectivity index (χ3n) is 2.64. The lowest BCUT2D eigenvalue weighted by Crippen LogP contribution is -2.27. The Balaban J connectivity index is 2.08. The summed E-state index contributed by atoms with van der Waals surface area (Å²) >= 11 is 1.53. The molecule has 0 aliphatic carbocycles. The minimum absolute atomic E-state index is 0.0549. The molecule has 0 unspecified atom stereocenters. The topological polar surface area (TPSA) is 83.4 Å². The summed E-state index contributed by atoms with van der Waals surface area (Å²) in [5.41, 5.74) is 1.09. The fourth-order valence-corrected chi connectivity index (χ4v) is 2.24. The Morgan fingerprint density at radius 1 is 1.40 bits per heavy atom. The van der Waals surface area contributed by atoms with Gasteiger partial charge in [-0.3, -0.25) is 9.78 Å². The molecule has 0 aliphatic rings. The lowest BCUT2D eigenvalue weighted by molar-refractivity contribution is 0.0694. The van der Waals surface area contributed by atoms with Crippen LogP contribution < -0.4 is 0 Å². The van der Waals surface area contributed by atoms with Gasteiger partial charge in [0.25, 0.3) is 5.91 Å². The number of hydrogen-bond acceptors (Lipinski definition) is 5. The monoisotopic (exact) mass is 291 g/mol. The van der Waals surface area contributed by atoms with E-state index in [1.807, 2.05) is 12.3 Å². The summed E-state index contributed by atoms with van der Waals surface area (Å²) < 4.78 is 0. The maximum Gasteiger partial charge on any atom is 0.337 e. The second-order valence-corrected chi connectivity index (χ2v) is 5.32. The SMILES string of the molecule is Cc1nc(CN(C)C(=O)c2ccc(C(=O)O)cn2)cs1. The summed E-state index contributed by atoms with van der Waals surface area (Å²) in [6, 6.07) is 2.78. The van der Waals surface area contributed by atoms with Gasteiger partial charge in [-0.15, -0.1) is 11.3 Å². The number of carbonyl (C=O) groups is 2. The lowest BCUT2D eigenvalue weighted by atomic mass is 10.2. The van der Waals surface area contributed by atoms with Crippen LogP contribution in [0.1, 0.15) is 31.5 Å². The van der Waals surface area contributed by atoms with Gasteiger partial charge in [0.15, 0.2) is 0 Å². The number of carbonyl (C=O) groups excluding carboxylic acids is 1.